The summed E-state index contributed by atoms with van der Waals surface area (Å²) in [6, 6.07) is 7.06. The first-order chi connectivity index (χ1) is 9.11. The molecule has 2 aromatic rings. The number of aliphatic carboxylic acids is 1. The number of hydrogen-bond donors (Lipinski definition) is 1. The molecule has 0 saturated heterocycles. The number of rotatable bonds is 5. The Bertz CT molecular complexity index is 580. The Labute approximate surface area is 116 Å². The molecule has 0 amide bonds. The summed E-state index contributed by atoms with van der Waals surface area (Å²) in [5, 5.41) is 14.0. The Hall–Kier alpha value is -1.81. The number of halogens is 1. The lowest BCUT2D eigenvalue weighted by Crippen LogP contribution is -2.14. The molecule has 5 heteroatoms. The van der Waals surface area contributed by atoms with Crippen LogP contribution in [0.4, 0.5) is 0 Å². The quantitative estimate of drug-likeness (QED) is 0.915. The highest BCUT2D eigenvalue weighted by atomic mass is 35.5. The van der Waals surface area contributed by atoms with E-state index < -0.39 is 11.9 Å². The van der Waals surface area contributed by atoms with Crippen molar-refractivity contribution in [2.45, 2.75) is 25.8 Å². The van der Waals surface area contributed by atoms with Crippen LogP contribution in [0.25, 0.3) is 0 Å². The molecule has 0 radical (unpaired) electrons. The van der Waals surface area contributed by atoms with Crippen LogP contribution < -0.4 is 0 Å². The molecule has 1 aromatic carbocycles. The fraction of sp³-hybridized carbons (Fsp3) is 0.286. The normalized spacial score (nSPS) is 12.3. The maximum Gasteiger partial charge on any atom is 0.311 e. The minimum atomic E-state index is -0.877. The van der Waals surface area contributed by atoms with E-state index in [0.29, 0.717) is 17.0 Å². The first-order valence-corrected chi connectivity index (χ1v) is 6.48. The number of carboxylic acids is 1. The SMILES string of the molecule is CCn1cc(CC(C(=O)O)c2ccccc2Cl)cn1. The van der Waals surface area contributed by atoms with Crippen molar-refractivity contribution in [3.8, 4) is 0 Å². The highest BCUT2D eigenvalue weighted by molar-refractivity contribution is 6.31. The Balaban J connectivity index is 2.26. The predicted molar refractivity (Wildman–Crippen MR) is 73.4 cm³/mol. The molecule has 0 saturated carbocycles. The van der Waals surface area contributed by atoms with E-state index in [1.54, 1.807) is 35.1 Å². The van der Waals surface area contributed by atoms with Crippen LogP contribution in [0.5, 0.6) is 0 Å². The molecule has 0 aliphatic carbocycles. The van der Waals surface area contributed by atoms with Gasteiger partial charge in [0, 0.05) is 17.8 Å². The summed E-state index contributed by atoms with van der Waals surface area (Å²) in [5.41, 5.74) is 1.54. The minimum absolute atomic E-state index is 0.388. The average Bonchev–Trinajstić information content (AvgIpc) is 2.84. The van der Waals surface area contributed by atoms with Gasteiger partial charge in [0.2, 0.25) is 0 Å². The van der Waals surface area contributed by atoms with E-state index in [1.807, 2.05) is 13.1 Å². The zero-order valence-corrected chi connectivity index (χ0v) is 11.3. The summed E-state index contributed by atoms with van der Waals surface area (Å²) in [4.78, 5) is 11.4. The molecular weight excluding hydrogens is 264 g/mol. The number of carbonyl (C=O) groups is 1. The number of aromatic nitrogens is 2. The molecule has 1 heterocycles. The second-order valence-electron chi connectivity index (χ2n) is 4.32. The van der Waals surface area contributed by atoms with E-state index in [0.717, 1.165) is 12.1 Å². The van der Waals surface area contributed by atoms with Gasteiger partial charge in [0.05, 0.1) is 12.1 Å². The number of benzene rings is 1. The summed E-state index contributed by atoms with van der Waals surface area (Å²) in [7, 11) is 0. The molecule has 2 rings (SSSR count). The molecule has 19 heavy (non-hydrogen) atoms. The van der Waals surface area contributed by atoms with Crippen molar-refractivity contribution < 1.29 is 9.90 Å². The summed E-state index contributed by atoms with van der Waals surface area (Å²) >= 11 is 6.08. The molecule has 1 N–H and O–H groups in total. The third-order valence-electron chi connectivity index (χ3n) is 3.03. The van der Waals surface area contributed by atoms with Crippen LogP contribution in [0.3, 0.4) is 0 Å². The van der Waals surface area contributed by atoms with Crippen LogP contribution >= 0.6 is 11.6 Å². The van der Waals surface area contributed by atoms with Crippen molar-refractivity contribution in [2.75, 3.05) is 0 Å². The Morgan fingerprint density at radius 1 is 1.47 bits per heavy atom. The van der Waals surface area contributed by atoms with E-state index in [1.165, 1.54) is 0 Å². The van der Waals surface area contributed by atoms with Crippen LogP contribution in [0, 0.1) is 0 Å². The number of hydrogen-bond acceptors (Lipinski definition) is 2. The molecule has 0 aliphatic heterocycles. The molecule has 0 spiro atoms. The van der Waals surface area contributed by atoms with Crippen molar-refractivity contribution >= 4 is 17.6 Å². The summed E-state index contributed by atoms with van der Waals surface area (Å²) in [6.45, 7) is 2.75. The second kappa shape index (κ2) is 5.89. The molecule has 0 aliphatic rings. The van der Waals surface area contributed by atoms with Gasteiger partial charge in [-0.2, -0.15) is 5.10 Å². The number of aryl methyl sites for hydroxylation is 1. The van der Waals surface area contributed by atoms with Crippen LogP contribution in [-0.2, 0) is 17.8 Å². The fourth-order valence-corrected chi connectivity index (χ4v) is 2.28. The van der Waals surface area contributed by atoms with Crippen LogP contribution in [0.15, 0.2) is 36.7 Å². The molecule has 100 valence electrons. The lowest BCUT2D eigenvalue weighted by molar-refractivity contribution is -0.138. The van der Waals surface area contributed by atoms with Crippen LogP contribution in [0.2, 0.25) is 5.02 Å². The highest BCUT2D eigenvalue weighted by Gasteiger charge is 2.23. The van der Waals surface area contributed by atoms with Gasteiger partial charge in [-0.25, -0.2) is 0 Å². The number of nitrogens with zero attached hydrogens (tertiary/aromatic N) is 2. The smallest absolute Gasteiger partial charge is 0.311 e. The zero-order chi connectivity index (χ0) is 13.8. The molecule has 1 unspecified atom stereocenters. The Kier molecular flexibility index (Phi) is 4.22. The van der Waals surface area contributed by atoms with Crippen LogP contribution in [-0.4, -0.2) is 20.9 Å². The Morgan fingerprint density at radius 3 is 2.79 bits per heavy atom. The largest absolute Gasteiger partial charge is 0.481 e. The maximum absolute atomic E-state index is 11.4. The lowest BCUT2D eigenvalue weighted by atomic mass is 9.93. The van der Waals surface area contributed by atoms with Gasteiger partial charge in [0.1, 0.15) is 0 Å². The average molecular weight is 279 g/mol. The summed E-state index contributed by atoms with van der Waals surface area (Å²) < 4.78 is 1.78. The molecule has 0 bridgehead atoms. The van der Waals surface area contributed by atoms with Gasteiger partial charge >= 0.3 is 5.97 Å². The summed E-state index contributed by atoms with van der Waals surface area (Å²) in [5.74, 6) is -1.53. The second-order valence-corrected chi connectivity index (χ2v) is 4.73. The predicted octanol–water partition coefficient (Wildman–Crippen LogP) is 2.97. The topological polar surface area (TPSA) is 55.1 Å². The van der Waals surface area contributed by atoms with Crippen molar-refractivity contribution in [3.63, 3.8) is 0 Å². The third-order valence-corrected chi connectivity index (χ3v) is 3.37. The van der Waals surface area contributed by atoms with Crippen molar-refractivity contribution in [1.82, 2.24) is 9.78 Å². The van der Waals surface area contributed by atoms with E-state index in [-0.39, 0.29) is 0 Å². The van der Waals surface area contributed by atoms with Crippen molar-refractivity contribution in [1.29, 1.82) is 0 Å². The monoisotopic (exact) mass is 278 g/mol. The van der Waals surface area contributed by atoms with Gasteiger partial charge in [0.15, 0.2) is 0 Å². The van der Waals surface area contributed by atoms with Gasteiger partial charge in [0.25, 0.3) is 0 Å². The third kappa shape index (κ3) is 3.15. The molecular formula is C14H15ClN2O2. The Morgan fingerprint density at radius 2 is 2.21 bits per heavy atom. The first kappa shape index (κ1) is 13.6. The summed E-state index contributed by atoms with van der Waals surface area (Å²) in [6.07, 6.45) is 3.96. The van der Waals surface area contributed by atoms with Gasteiger partial charge < -0.3 is 5.11 Å². The van der Waals surface area contributed by atoms with E-state index in [9.17, 15) is 9.90 Å². The van der Waals surface area contributed by atoms with Gasteiger partial charge in [-0.1, -0.05) is 29.8 Å². The van der Waals surface area contributed by atoms with Gasteiger partial charge in [-0.3, -0.25) is 9.48 Å². The standard InChI is InChI=1S/C14H15ClN2O2/c1-2-17-9-10(8-16-17)7-12(14(18)19)11-5-3-4-6-13(11)15/h3-6,8-9,12H,2,7H2,1H3,(H,18,19). The minimum Gasteiger partial charge on any atom is -0.481 e. The molecule has 1 aromatic heterocycles. The van der Waals surface area contributed by atoms with E-state index in [4.69, 9.17) is 11.6 Å². The van der Waals surface area contributed by atoms with Crippen molar-refractivity contribution in [2.24, 2.45) is 0 Å². The van der Waals surface area contributed by atoms with Crippen molar-refractivity contribution in [3.05, 3.63) is 52.8 Å². The lowest BCUT2D eigenvalue weighted by Gasteiger charge is -2.13. The van der Waals surface area contributed by atoms with Gasteiger partial charge in [-0.15, -0.1) is 0 Å². The highest BCUT2D eigenvalue weighted by Crippen LogP contribution is 2.27. The first-order valence-electron chi connectivity index (χ1n) is 6.10. The van der Waals surface area contributed by atoms with Gasteiger partial charge in [-0.05, 0) is 30.5 Å². The number of carboxylic acid groups (broad SMARTS) is 1. The molecule has 4 nitrogen and oxygen atoms in total. The molecule has 1 atom stereocenters. The molecule has 0 fully saturated rings. The maximum atomic E-state index is 11.4. The van der Waals surface area contributed by atoms with Crippen LogP contribution in [0.1, 0.15) is 24.0 Å². The fourth-order valence-electron chi connectivity index (χ4n) is 2.01. The van der Waals surface area contributed by atoms with E-state index in [2.05, 4.69) is 5.10 Å². The zero-order valence-electron chi connectivity index (χ0n) is 10.6. The van der Waals surface area contributed by atoms with E-state index >= 15 is 0 Å².